The van der Waals surface area contributed by atoms with Crippen molar-refractivity contribution < 1.29 is 9.59 Å². The lowest BCUT2D eigenvalue weighted by Gasteiger charge is -2.36. The summed E-state index contributed by atoms with van der Waals surface area (Å²) in [7, 11) is 0. The van der Waals surface area contributed by atoms with Crippen LogP contribution < -0.4 is 0 Å². The third-order valence-electron chi connectivity index (χ3n) is 5.54. The zero-order valence-corrected chi connectivity index (χ0v) is 13.1. The summed E-state index contributed by atoms with van der Waals surface area (Å²) >= 11 is 0. The molecule has 2 nitrogen and oxygen atoms in total. The highest BCUT2D eigenvalue weighted by molar-refractivity contribution is 6.10. The van der Waals surface area contributed by atoms with Crippen LogP contribution in [0.3, 0.4) is 0 Å². The second-order valence-electron chi connectivity index (χ2n) is 6.89. The zero-order valence-electron chi connectivity index (χ0n) is 13.1. The van der Waals surface area contributed by atoms with E-state index in [0.717, 1.165) is 38.5 Å². The maximum absolute atomic E-state index is 12.3. The molecule has 2 heteroatoms. The van der Waals surface area contributed by atoms with Gasteiger partial charge in [0.05, 0.1) is 6.42 Å². The SMILES string of the molecule is CCCCCCCCC1C(=O)CC(=O)C12CCCCC2. The van der Waals surface area contributed by atoms with Crippen molar-refractivity contribution in [1.82, 2.24) is 0 Å². The van der Waals surface area contributed by atoms with Gasteiger partial charge < -0.3 is 0 Å². The maximum atomic E-state index is 12.3. The molecular weight excluding hydrogens is 248 g/mol. The lowest BCUT2D eigenvalue weighted by molar-refractivity contribution is -0.129. The van der Waals surface area contributed by atoms with Crippen LogP contribution >= 0.6 is 0 Å². The third-order valence-corrected chi connectivity index (χ3v) is 5.54. The Kier molecular flexibility index (Phi) is 5.80. The molecule has 0 bridgehead atoms. The summed E-state index contributed by atoms with van der Waals surface area (Å²) in [5.74, 6) is 0.602. The highest BCUT2D eigenvalue weighted by atomic mass is 16.2. The van der Waals surface area contributed by atoms with E-state index in [0.29, 0.717) is 0 Å². The average Bonchev–Trinajstić information content (AvgIpc) is 2.67. The van der Waals surface area contributed by atoms with E-state index in [1.807, 2.05) is 0 Å². The van der Waals surface area contributed by atoms with Crippen molar-refractivity contribution in [3.05, 3.63) is 0 Å². The maximum Gasteiger partial charge on any atom is 0.147 e. The lowest BCUT2D eigenvalue weighted by atomic mass is 9.65. The minimum absolute atomic E-state index is 0.0708. The van der Waals surface area contributed by atoms with Gasteiger partial charge in [-0.05, 0) is 19.3 Å². The predicted octanol–water partition coefficient (Wildman–Crippen LogP) is 4.85. The topological polar surface area (TPSA) is 34.1 Å². The predicted molar refractivity (Wildman–Crippen MR) is 81.6 cm³/mol. The highest BCUT2D eigenvalue weighted by Crippen LogP contribution is 2.50. The second kappa shape index (κ2) is 7.38. The number of unbranched alkanes of at least 4 members (excludes halogenated alkanes) is 5. The van der Waals surface area contributed by atoms with Crippen molar-refractivity contribution in [1.29, 1.82) is 0 Å². The first-order valence-electron chi connectivity index (χ1n) is 8.77. The van der Waals surface area contributed by atoms with Gasteiger partial charge in [-0.15, -0.1) is 0 Å². The molecule has 2 saturated carbocycles. The molecule has 2 fully saturated rings. The molecule has 2 rings (SSSR count). The molecule has 0 aromatic carbocycles. The van der Waals surface area contributed by atoms with Crippen molar-refractivity contribution in [2.45, 2.75) is 90.4 Å². The fourth-order valence-corrected chi connectivity index (χ4v) is 4.34. The Balaban J connectivity index is 1.84. The van der Waals surface area contributed by atoms with Gasteiger partial charge in [-0.2, -0.15) is 0 Å². The Morgan fingerprint density at radius 2 is 1.60 bits per heavy atom. The quantitative estimate of drug-likeness (QED) is 0.493. The van der Waals surface area contributed by atoms with E-state index < -0.39 is 0 Å². The van der Waals surface area contributed by atoms with Gasteiger partial charge in [0.15, 0.2) is 0 Å². The van der Waals surface area contributed by atoms with E-state index in [9.17, 15) is 9.59 Å². The van der Waals surface area contributed by atoms with Crippen molar-refractivity contribution in [3.8, 4) is 0 Å². The van der Waals surface area contributed by atoms with Gasteiger partial charge in [0, 0.05) is 11.3 Å². The summed E-state index contributed by atoms with van der Waals surface area (Å²) in [5.41, 5.74) is -0.223. The summed E-state index contributed by atoms with van der Waals surface area (Å²) in [6.45, 7) is 2.23. The summed E-state index contributed by atoms with van der Waals surface area (Å²) in [6, 6.07) is 0. The Hall–Kier alpha value is -0.660. The number of carbonyl (C=O) groups excluding carboxylic acids is 2. The number of carbonyl (C=O) groups is 2. The zero-order chi connectivity index (χ0) is 14.4. The molecule has 114 valence electrons. The Labute approximate surface area is 123 Å². The second-order valence-corrected chi connectivity index (χ2v) is 6.89. The van der Waals surface area contributed by atoms with Crippen molar-refractivity contribution in [2.75, 3.05) is 0 Å². The smallest absolute Gasteiger partial charge is 0.147 e. The number of hydrogen-bond donors (Lipinski definition) is 0. The molecule has 1 atom stereocenters. The molecule has 1 unspecified atom stereocenters. The van der Waals surface area contributed by atoms with Gasteiger partial charge in [-0.1, -0.05) is 64.7 Å². The number of Topliss-reactive ketones (excluding diaryl/α,β-unsaturated/α-hetero) is 2. The van der Waals surface area contributed by atoms with Crippen LogP contribution in [-0.2, 0) is 9.59 Å². The van der Waals surface area contributed by atoms with Crippen molar-refractivity contribution in [2.24, 2.45) is 11.3 Å². The van der Waals surface area contributed by atoms with Crippen molar-refractivity contribution >= 4 is 11.6 Å². The van der Waals surface area contributed by atoms with E-state index in [1.54, 1.807) is 0 Å². The minimum atomic E-state index is -0.223. The molecule has 2 aliphatic rings. The van der Waals surface area contributed by atoms with Crippen LogP contribution in [0, 0.1) is 11.3 Å². The van der Waals surface area contributed by atoms with E-state index in [1.165, 1.54) is 38.5 Å². The monoisotopic (exact) mass is 278 g/mol. The Bertz CT molecular complexity index is 339. The summed E-state index contributed by atoms with van der Waals surface area (Å²) in [6.07, 6.45) is 14.3. The molecule has 0 aromatic heterocycles. The van der Waals surface area contributed by atoms with Gasteiger partial charge >= 0.3 is 0 Å². The van der Waals surface area contributed by atoms with E-state index in [-0.39, 0.29) is 29.3 Å². The van der Waals surface area contributed by atoms with E-state index in [4.69, 9.17) is 0 Å². The van der Waals surface area contributed by atoms with Gasteiger partial charge in [-0.25, -0.2) is 0 Å². The fourth-order valence-electron chi connectivity index (χ4n) is 4.34. The van der Waals surface area contributed by atoms with Gasteiger partial charge in [0.1, 0.15) is 11.6 Å². The van der Waals surface area contributed by atoms with Crippen LogP contribution in [-0.4, -0.2) is 11.6 Å². The van der Waals surface area contributed by atoms with Crippen LogP contribution in [0.25, 0.3) is 0 Å². The van der Waals surface area contributed by atoms with E-state index in [2.05, 4.69) is 6.92 Å². The Morgan fingerprint density at radius 1 is 0.950 bits per heavy atom. The number of ketones is 2. The molecule has 2 aliphatic carbocycles. The summed E-state index contributed by atoms with van der Waals surface area (Å²) in [5, 5.41) is 0. The fraction of sp³-hybridized carbons (Fsp3) is 0.889. The number of hydrogen-bond acceptors (Lipinski definition) is 2. The molecule has 0 heterocycles. The largest absolute Gasteiger partial charge is 0.299 e. The molecule has 20 heavy (non-hydrogen) atoms. The molecule has 1 spiro atoms. The molecule has 0 saturated heterocycles. The minimum Gasteiger partial charge on any atom is -0.299 e. The van der Waals surface area contributed by atoms with Crippen LogP contribution in [0.1, 0.15) is 90.4 Å². The lowest BCUT2D eigenvalue weighted by Crippen LogP contribution is -2.36. The van der Waals surface area contributed by atoms with Gasteiger partial charge in [-0.3, -0.25) is 9.59 Å². The van der Waals surface area contributed by atoms with Crippen LogP contribution in [0.4, 0.5) is 0 Å². The third kappa shape index (κ3) is 3.32. The van der Waals surface area contributed by atoms with Crippen LogP contribution in [0.2, 0.25) is 0 Å². The average molecular weight is 278 g/mol. The molecule has 0 aliphatic heterocycles. The standard InChI is InChI=1S/C18H30O2/c1-2-3-4-5-6-8-11-15-16(19)14-17(20)18(15)12-9-7-10-13-18/h15H,2-14H2,1H3. The Morgan fingerprint density at radius 3 is 2.30 bits per heavy atom. The van der Waals surface area contributed by atoms with Crippen molar-refractivity contribution in [3.63, 3.8) is 0 Å². The summed E-state index contributed by atoms with van der Waals surface area (Å²) in [4.78, 5) is 24.5. The first-order chi connectivity index (χ1) is 9.70. The first-order valence-corrected chi connectivity index (χ1v) is 8.77. The molecule has 0 aromatic rings. The first kappa shape index (κ1) is 15.7. The molecule has 0 amide bonds. The normalized spacial score (nSPS) is 25.6. The van der Waals surface area contributed by atoms with E-state index >= 15 is 0 Å². The molecular formula is C18H30O2. The van der Waals surface area contributed by atoms with Gasteiger partial charge in [0.25, 0.3) is 0 Å². The summed E-state index contributed by atoms with van der Waals surface area (Å²) < 4.78 is 0. The van der Waals surface area contributed by atoms with Gasteiger partial charge in [0.2, 0.25) is 0 Å². The number of rotatable bonds is 7. The molecule has 0 radical (unpaired) electrons. The van der Waals surface area contributed by atoms with Crippen LogP contribution in [0.15, 0.2) is 0 Å². The molecule has 0 N–H and O–H groups in total. The highest BCUT2D eigenvalue weighted by Gasteiger charge is 2.53. The van der Waals surface area contributed by atoms with Crippen LogP contribution in [0.5, 0.6) is 0 Å².